The molecule has 9 heteroatoms. The lowest BCUT2D eigenvalue weighted by Crippen LogP contribution is -2.39. The molecule has 32 heavy (non-hydrogen) atoms. The van der Waals surface area contributed by atoms with Crippen molar-refractivity contribution in [3.63, 3.8) is 0 Å². The summed E-state index contributed by atoms with van der Waals surface area (Å²) in [6, 6.07) is 17.0. The zero-order valence-electron chi connectivity index (χ0n) is 17.1. The van der Waals surface area contributed by atoms with Gasteiger partial charge in [-0.1, -0.05) is 42.5 Å². The first-order valence-electron chi connectivity index (χ1n) is 10.2. The summed E-state index contributed by atoms with van der Waals surface area (Å²) in [4.78, 5) is 26.9. The fraction of sp³-hybridized carbons (Fsp3) is 0.304. The van der Waals surface area contributed by atoms with Crippen LogP contribution in [0, 0.1) is 0 Å². The number of nitrogens with zero attached hydrogens (tertiary/aromatic N) is 1. The van der Waals surface area contributed by atoms with Crippen LogP contribution in [0.2, 0.25) is 0 Å². The molecule has 168 valence electrons. The van der Waals surface area contributed by atoms with Gasteiger partial charge in [0.2, 0.25) is 0 Å². The number of aliphatic hydroxyl groups excluding tert-OH is 3. The molecule has 9 nitrogen and oxygen atoms in total. The van der Waals surface area contributed by atoms with Crippen LogP contribution in [0.15, 0.2) is 70.4 Å². The third-order valence-corrected chi connectivity index (χ3v) is 5.37. The van der Waals surface area contributed by atoms with Crippen LogP contribution in [0.25, 0.3) is 0 Å². The summed E-state index contributed by atoms with van der Waals surface area (Å²) in [5.74, 6) is 0.638. The Morgan fingerprint density at radius 1 is 1.00 bits per heavy atom. The average Bonchev–Trinajstić information content (AvgIpc) is 3.09. The minimum Gasteiger partial charge on any atom is -0.489 e. The van der Waals surface area contributed by atoms with Gasteiger partial charge in [0, 0.05) is 18.2 Å². The monoisotopic (exact) mass is 440 g/mol. The fourth-order valence-corrected chi connectivity index (χ4v) is 3.66. The molecule has 0 bridgehead atoms. The lowest BCUT2D eigenvalue weighted by molar-refractivity contribution is -0.0551. The number of nitrogens with one attached hydrogen (secondary N) is 1. The van der Waals surface area contributed by atoms with E-state index >= 15 is 0 Å². The van der Waals surface area contributed by atoms with Crippen LogP contribution in [-0.2, 0) is 17.8 Å². The molecule has 0 saturated carbocycles. The second-order valence-electron chi connectivity index (χ2n) is 7.65. The molecule has 0 amide bonds. The first-order chi connectivity index (χ1) is 15.5. The highest BCUT2D eigenvalue weighted by molar-refractivity contribution is 5.32. The molecule has 1 fully saturated rings. The lowest BCUT2D eigenvalue weighted by atomic mass is 10.1. The first kappa shape index (κ1) is 22.0. The summed E-state index contributed by atoms with van der Waals surface area (Å²) in [5.41, 5.74) is 0.733. The first-order valence-corrected chi connectivity index (χ1v) is 10.2. The van der Waals surface area contributed by atoms with Crippen LogP contribution >= 0.6 is 0 Å². The minimum atomic E-state index is -1.43. The number of rotatable bonds is 7. The molecule has 0 radical (unpaired) electrons. The Bertz CT molecular complexity index is 1170. The molecule has 0 aliphatic carbocycles. The maximum atomic E-state index is 12.4. The highest BCUT2D eigenvalue weighted by Gasteiger charge is 2.43. The van der Waals surface area contributed by atoms with Gasteiger partial charge < -0.3 is 24.8 Å². The molecule has 1 aromatic heterocycles. The molecule has 0 spiro atoms. The molecule has 4 unspecified atom stereocenters. The Hall–Kier alpha value is -3.24. The Balaban J connectivity index is 1.54. The highest BCUT2D eigenvalue weighted by atomic mass is 16.6. The van der Waals surface area contributed by atoms with Crippen LogP contribution < -0.4 is 16.0 Å². The summed E-state index contributed by atoms with van der Waals surface area (Å²) >= 11 is 0. The Kier molecular flexibility index (Phi) is 6.52. The van der Waals surface area contributed by atoms with Gasteiger partial charge in [0.05, 0.1) is 6.61 Å². The number of hydrogen-bond donors (Lipinski definition) is 4. The lowest BCUT2D eigenvalue weighted by Gasteiger charge is -2.18. The van der Waals surface area contributed by atoms with Crippen LogP contribution in [0.5, 0.6) is 5.75 Å². The molecule has 4 N–H and O–H groups in total. The van der Waals surface area contributed by atoms with Gasteiger partial charge in [-0.05, 0) is 23.3 Å². The summed E-state index contributed by atoms with van der Waals surface area (Å²) in [6.07, 6.45) is -3.54. The van der Waals surface area contributed by atoms with E-state index in [4.69, 9.17) is 9.47 Å². The number of ether oxygens (including phenoxy) is 2. The SMILES string of the molecule is O=c1[nH]c(=O)n(C2OC(CO)C(O)C2O)cc1Cc1cccc(OCc2ccccc2)c1. The van der Waals surface area contributed by atoms with Gasteiger partial charge in [-0.3, -0.25) is 14.3 Å². The summed E-state index contributed by atoms with van der Waals surface area (Å²) < 4.78 is 12.3. The number of benzene rings is 2. The summed E-state index contributed by atoms with van der Waals surface area (Å²) in [7, 11) is 0. The van der Waals surface area contributed by atoms with Gasteiger partial charge in [-0.15, -0.1) is 0 Å². The van der Waals surface area contributed by atoms with Crippen LogP contribution in [-0.4, -0.2) is 49.8 Å². The summed E-state index contributed by atoms with van der Waals surface area (Å²) in [5, 5.41) is 29.5. The van der Waals surface area contributed by atoms with E-state index in [1.54, 1.807) is 0 Å². The zero-order chi connectivity index (χ0) is 22.7. The second-order valence-corrected chi connectivity index (χ2v) is 7.65. The van der Waals surface area contributed by atoms with E-state index in [0.29, 0.717) is 12.4 Å². The number of H-pyrrole nitrogens is 1. The largest absolute Gasteiger partial charge is 0.489 e. The fourth-order valence-electron chi connectivity index (χ4n) is 3.66. The van der Waals surface area contributed by atoms with Gasteiger partial charge in [-0.25, -0.2) is 4.79 Å². The molecular formula is C23H24N2O7. The van der Waals surface area contributed by atoms with Crippen molar-refractivity contribution in [3.05, 3.63) is 98.3 Å². The maximum Gasteiger partial charge on any atom is 0.330 e. The number of aromatic amines is 1. The summed E-state index contributed by atoms with van der Waals surface area (Å²) in [6.45, 7) is -0.115. The molecule has 1 aliphatic rings. The molecule has 3 aromatic rings. The molecular weight excluding hydrogens is 416 g/mol. The third kappa shape index (κ3) is 4.66. The van der Waals surface area contributed by atoms with Gasteiger partial charge >= 0.3 is 5.69 Å². The van der Waals surface area contributed by atoms with Crippen molar-refractivity contribution in [1.29, 1.82) is 0 Å². The van der Waals surface area contributed by atoms with Gasteiger partial charge in [0.15, 0.2) is 6.23 Å². The van der Waals surface area contributed by atoms with Crippen molar-refractivity contribution in [1.82, 2.24) is 9.55 Å². The van der Waals surface area contributed by atoms with E-state index in [1.165, 1.54) is 6.20 Å². The average molecular weight is 440 g/mol. The van der Waals surface area contributed by atoms with E-state index in [0.717, 1.165) is 15.7 Å². The molecule has 4 atom stereocenters. The molecule has 4 rings (SSSR count). The number of hydrogen-bond acceptors (Lipinski definition) is 7. The minimum absolute atomic E-state index is 0.201. The van der Waals surface area contributed by atoms with E-state index in [9.17, 15) is 24.9 Å². The van der Waals surface area contributed by atoms with Crippen molar-refractivity contribution in [2.45, 2.75) is 37.6 Å². The van der Waals surface area contributed by atoms with Crippen molar-refractivity contribution < 1.29 is 24.8 Å². The van der Waals surface area contributed by atoms with Gasteiger partial charge in [0.25, 0.3) is 5.56 Å². The topological polar surface area (TPSA) is 134 Å². The predicted molar refractivity (Wildman–Crippen MR) is 114 cm³/mol. The smallest absolute Gasteiger partial charge is 0.330 e. The van der Waals surface area contributed by atoms with Crippen LogP contribution in [0.4, 0.5) is 0 Å². The van der Waals surface area contributed by atoms with Crippen LogP contribution in [0.1, 0.15) is 22.9 Å². The Morgan fingerprint density at radius 3 is 2.47 bits per heavy atom. The van der Waals surface area contributed by atoms with Crippen molar-refractivity contribution in [3.8, 4) is 5.75 Å². The molecule has 1 saturated heterocycles. The standard InChI is InChI=1S/C23H24N2O7/c26-12-18-19(27)20(28)22(32-18)25-11-16(21(29)24-23(25)30)9-15-7-4-8-17(10-15)31-13-14-5-2-1-3-6-14/h1-8,10-11,18-20,22,26-28H,9,12-13H2,(H,24,29,30). The van der Waals surface area contributed by atoms with Gasteiger partial charge in [-0.2, -0.15) is 0 Å². The molecule has 2 aromatic carbocycles. The molecule has 1 aliphatic heterocycles. The van der Waals surface area contributed by atoms with E-state index in [-0.39, 0.29) is 12.0 Å². The molecule has 2 heterocycles. The number of aromatic nitrogens is 2. The zero-order valence-corrected chi connectivity index (χ0v) is 17.1. The third-order valence-electron chi connectivity index (χ3n) is 5.37. The van der Waals surface area contributed by atoms with E-state index < -0.39 is 42.4 Å². The van der Waals surface area contributed by atoms with Crippen molar-refractivity contribution in [2.75, 3.05) is 6.61 Å². The van der Waals surface area contributed by atoms with Crippen molar-refractivity contribution in [2.24, 2.45) is 0 Å². The number of aliphatic hydroxyl groups is 3. The van der Waals surface area contributed by atoms with Gasteiger partial charge in [0.1, 0.15) is 30.7 Å². The van der Waals surface area contributed by atoms with Crippen LogP contribution in [0.3, 0.4) is 0 Å². The van der Waals surface area contributed by atoms with E-state index in [2.05, 4.69) is 4.98 Å². The maximum absolute atomic E-state index is 12.4. The van der Waals surface area contributed by atoms with Crippen molar-refractivity contribution >= 4 is 0 Å². The Morgan fingerprint density at radius 2 is 1.75 bits per heavy atom. The van der Waals surface area contributed by atoms with E-state index in [1.807, 2.05) is 54.6 Å². The highest BCUT2D eigenvalue weighted by Crippen LogP contribution is 2.28. The Labute approximate surface area is 183 Å². The second kappa shape index (κ2) is 9.49. The predicted octanol–water partition coefficient (Wildman–Crippen LogP) is 0.318. The normalized spacial score (nSPS) is 22.7. The quantitative estimate of drug-likeness (QED) is 0.416.